The number of alkyl halides is 6. The third kappa shape index (κ3) is 13.6. The number of halogens is 6. The minimum Gasteiger partial charge on any atom is -0.309 e. The fourth-order valence-corrected chi connectivity index (χ4v) is 15.4. The van der Waals surface area contributed by atoms with E-state index in [1.54, 1.807) is 57.7 Å². The van der Waals surface area contributed by atoms with Crippen LogP contribution in [0.15, 0.2) is 346 Å². The Labute approximate surface area is 680 Å². The highest BCUT2D eigenvalue weighted by atomic mass is 19.4. The lowest BCUT2D eigenvalue weighted by molar-refractivity contribution is -0.142. The van der Waals surface area contributed by atoms with Gasteiger partial charge in [-0.15, -0.1) is 0 Å². The van der Waals surface area contributed by atoms with Crippen molar-refractivity contribution in [2.45, 2.75) is 12.4 Å². The fraction of sp³-hybridized carbons (Fsp3) is 0.0202. The first-order valence-electron chi connectivity index (χ1n) is 38.2. The van der Waals surface area contributed by atoms with E-state index in [9.17, 15) is 5.26 Å². The van der Waals surface area contributed by atoms with Crippen LogP contribution in [0, 0.1) is 11.3 Å². The molecule has 0 aliphatic heterocycles. The smallest absolute Gasteiger partial charge is 0.309 e. The molecule has 0 saturated carbocycles. The monoisotopic (exact) mass is 1570 g/mol. The summed E-state index contributed by atoms with van der Waals surface area (Å²) in [6, 6.07) is 104. The lowest BCUT2D eigenvalue weighted by atomic mass is 9.90. The summed E-state index contributed by atoms with van der Waals surface area (Å²) in [5.74, 6) is 4.02. The van der Waals surface area contributed by atoms with Crippen LogP contribution in [-0.4, -0.2) is 68.9 Å². The molecule has 0 aliphatic rings. The second-order valence-corrected chi connectivity index (χ2v) is 28.5. The summed E-state index contributed by atoms with van der Waals surface area (Å²) in [4.78, 5) is 60.6. The lowest BCUT2D eigenvalue weighted by Gasteiger charge is -2.24. The molecule has 20 rings (SSSR count). The Kier molecular flexibility index (Phi) is 18.1. The Hall–Kier alpha value is -16.2. The molecule has 6 heterocycles. The largest absolute Gasteiger partial charge is 0.417 e. The summed E-state index contributed by atoms with van der Waals surface area (Å²) in [5.41, 5.74) is 3.68. The highest BCUT2D eigenvalue weighted by molar-refractivity contribution is 6.14. The van der Waals surface area contributed by atoms with Crippen LogP contribution >= 0.6 is 0 Å². The van der Waals surface area contributed by atoms with Crippen molar-refractivity contribution >= 4 is 43.6 Å². The van der Waals surface area contributed by atoms with Gasteiger partial charge in [0.1, 0.15) is 6.07 Å². The Balaban J connectivity index is 0.870. The van der Waals surface area contributed by atoms with Gasteiger partial charge in [0.25, 0.3) is 0 Å². The Morgan fingerprint density at radius 3 is 0.633 bits per heavy atom. The molecule has 15 nitrogen and oxygen atoms in total. The summed E-state index contributed by atoms with van der Waals surface area (Å²) in [6.45, 7) is 0. The number of hydrogen-bond acceptors (Lipinski definition) is 13. The summed E-state index contributed by atoms with van der Waals surface area (Å²) in [5, 5.41) is 14.1. The molecule has 0 spiro atoms. The first-order valence-corrected chi connectivity index (χ1v) is 38.2. The van der Waals surface area contributed by atoms with E-state index in [1.807, 2.05) is 267 Å². The van der Waals surface area contributed by atoms with E-state index in [2.05, 4.69) is 6.07 Å². The molecule has 570 valence electrons. The number of hydrogen-bond donors (Lipinski definition) is 0. The van der Waals surface area contributed by atoms with Crippen molar-refractivity contribution < 1.29 is 26.3 Å². The number of rotatable bonds is 15. The number of benzene rings is 14. The van der Waals surface area contributed by atoms with Gasteiger partial charge in [-0.2, -0.15) is 31.6 Å². The van der Waals surface area contributed by atoms with Crippen LogP contribution in [0.5, 0.6) is 0 Å². The Bertz CT molecular complexity index is 6790. The molecule has 0 saturated heterocycles. The molecule has 0 aliphatic carbocycles. The molecule has 0 bridgehead atoms. The van der Waals surface area contributed by atoms with Crippen molar-refractivity contribution in [3.8, 4) is 165 Å². The number of nitrogens with zero attached hydrogens (tertiary/aromatic N) is 15. The SMILES string of the molecule is N#Cc1cc(-n2c3ccc(-c4nc(-c5ccccc5)nc(-c5ccccc5)n4)cc3c3cc(-c4nc(-c5ccccc5)nc(-c5ccccc5)n4)ccc32)c(-c2c(C(F)(F)F)cccc2C(F)(F)F)cc1-n1c2ccc(-c3nc(-c4ccccc4)nc(-c4ccccc4)n3)cc2c2cc(-c3nc(-c4ccccc4)nc(-c4ccccc4)n3)ccc21. The Morgan fingerprint density at radius 1 is 0.217 bits per heavy atom. The molecule has 0 radical (unpaired) electrons. The van der Waals surface area contributed by atoms with E-state index in [4.69, 9.17) is 59.8 Å². The van der Waals surface area contributed by atoms with Gasteiger partial charge in [-0.25, -0.2) is 59.8 Å². The van der Waals surface area contributed by atoms with Gasteiger partial charge in [-0.1, -0.05) is 249 Å². The third-order valence-corrected chi connectivity index (χ3v) is 21.0. The van der Waals surface area contributed by atoms with Crippen LogP contribution < -0.4 is 0 Å². The first-order chi connectivity index (χ1) is 58.7. The minimum absolute atomic E-state index is 0.0699. The van der Waals surface area contributed by atoms with Crippen LogP contribution in [0.4, 0.5) is 26.3 Å². The van der Waals surface area contributed by atoms with Gasteiger partial charge < -0.3 is 9.13 Å². The number of aromatic nitrogens is 14. The topological polar surface area (TPSA) is 188 Å². The maximum atomic E-state index is 16.5. The predicted octanol–water partition coefficient (Wildman–Crippen LogP) is 24.2. The second kappa shape index (κ2) is 29.9. The van der Waals surface area contributed by atoms with Crippen molar-refractivity contribution in [2.24, 2.45) is 0 Å². The van der Waals surface area contributed by atoms with E-state index in [-0.39, 0.29) is 40.2 Å². The average Bonchev–Trinajstić information content (AvgIpc) is 1.49. The molecule has 120 heavy (non-hydrogen) atoms. The van der Waals surface area contributed by atoms with Gasteiger partial charge in [0.05, 0.1) is 50.1 Å². The van der Waals surface area contributed by atoms with E-state index in [1.165, 1.54) is 12.1 Å². The summed E-state index contributed by atoms with van der Waals surface area (Å²) in [6.07, 6.45) is -10.8. The highest BCUT2D eigenvalue weighted by Gasteiger charge is 2.42. The first kappa shape index (κ1) is 72.7. The molecule has 6 aromatic heterocycles. The molecular weight excluding hydrogens is 1510 g/mol. The molecule has 0 amide bonds. The fourth-order valence-electron chi connectivity index (χ4n) is 15.4. The number of nitriles is 1. The number of fused-ring (bicyclic) bond motifs is 6. The zero-order valence-electron chi connectivity index (χ0n) is 62.9. The van der Waals surface area contributed by atoms with Gasteiger partial charge in [-0.3, -0.25) is 0 Å². The zero-order valence-corrected chi connectivity index (χ0v) is 62.9. The molecular formula is C99H57F6N15. The Morgan fingerprint density at radius 2 is 0.425 bits per heavy atom. The van der Waals surface area contributed by atoms with Gasteiger partial charge in [-0.05, 0) is 97.1 Å². The molecule has 21 heteroatoms. The van der Waals surface area contributed by atoms with Crippen LogP contribution in [0.1, 0.15) is 16.7 Å². The molecule has 0 N–H and O–H groups in total. The molecule has 14 aromatic carbocycles. The van der Waals surface area contributed by atoms with Crippen molar-refractivity contribution in [3.63, 3.8) is 0 Å². The summed E-state index contributed by atoms with van der Waals surface area (Å²) < 4.78 is 102. The summed E-state index contributed by atoms with van der Waals surface area (Å²) >= 11 is 0. The minimum atomic E-state index is -5.40. The van der Waals surface area contributed by atoms with E-state index >= 15 is 26.3 Å². The maximum Gasteiger partial charge on any atom is 0.417 e. The van der Waals surface area contributed by atoms with Crippen LogP contribution in [0.2, 0.25) is 0 Å². The highest BCUT2D eigenvalue weighted by Crippen LogP contribution is 2.50. The van der Waals surface area contributed by atoms with E-state index in [0.29, 0.717) is 169 Å². The average molecular weight is 1570 g/mol. The van der Waals surface area contributed by atoms with E-state index in [0.717, 1.165) is 6.07 Å². The maximum absolute atomic E-state index is 16.5. The second-order valence-electron chi connectivity index (χ2n) is 28.5. The van der Waals surface area contributed by atoms with Crippen LogP contribution in [0.3, 0.4) is 0 Å². The van der Waals surface area contributed by atoms with Gasteiger partial charge in [0, 0.05) is 99.4 Å². The third-order valence-electron chi connectivity index (χ3n) is 21.0. The molecule has 0 atom stereocenters. The predicted molar refractivity (Wildman–Crippen MR) is 454 cm³/mol. The van der Waals surface area contributed by atoms with Crippen LogP contribution in [0.25, 0.3) is 203 Å². The van der Waals surface area contributed by atoms with Crippen molar-refractivity contribution in [2.75, 3.05) is 0 Å². The van der Waals surface area contributed by atoms with Crippen molar-refractivity contribution in [3.05, 3.63) is 362 Å². The lowest BCUT2D eigenvalue weighted by Crippen LogP contribution is -2.15. The van der Waals surface area contributed by atoms with Crippen LogP contribution in [-0.2, 0) is 12.4 Å². The molecule has 20 aromatic rings. The molecule has 0 unspecified atom stereocenters. The van der Waals surface area contributed by atoms with Gasteiger partial charge in [0.15, 0.2) is 69.9 Å². The molecule has 0 fully saturated rings. The standard InChI is InChI=1S/C99H57F6N15/c100-98(101,102)77-42-25-43-78(99(103,104)105)85(77)76-57-83(119-79-48-44-67(94-111-86(59-26-9-1-10-27-59)107-87(112-94)60-28-11-2-12-29-60)52-72(79)73-53-68(45-49-80(73)119)95-113-88(61-30-13-3-14-31-61)108-89(114-95)62-32-15-4-16-33-62)71(58-106)56-84(76)120-81-50-46-69(96-115-90(63-34-17-5-18-35-63)109-91(116-96)64-36-19-6-20-37-64)54-74(81)75-55-70(47-51-82(75)120)97-117-92(65-38-21-7-22-39-65)110-93(118-97)66-40-23-8-24-41-66/h1-57H. The van der Waals surface area contributed by atoms with Crippen molar-refractivity contribution in [1.29, 1.82) is 5.26 Å². The quantitative estimate of drug-likeness (QED) is 0.0883. The van der Waals surface area contributed by atoms with E-state index < -0.39 is 34.6 Å². The normalized spacial score (nSPS) is 11.7. The van der Waals surface area contributed by atoms with Gasteiger partial charge >= 0.3 is 12.4 Å². The zero-order chi connectivity index (χ0) is 81.2. The van der Waals surface area contributed by atoms with Crippen molar-refractivity contribution in [1.82, 2.24) is 68.9 Å². The van der Waals surface area contributed by atoms with Gasteiger partial charge in [0.2, 0.25) is 0 Å². The summed E-state index contributed by atoms with van der Waals surface area (Å²) in [7, 11) is 0.